The van der Waals surface area contributed by atoms with Crippen molar-refractivity contribution in [2.24, 2.45) is 4.99 Å². The molecule has 10 heteroatoms. The number of fused-ring (bicyclic) bond motifs is 2. The van der Waals surface area contributed by atoms with Gasteiger partial charge in [-0.2, -0.15) is 0 Å². The topological polar surface area (TPSA) is 77.0 Å². The normalized spacial score (nSPS) is 15.5. The van der Waals surface area contributed by atoms with Gasteiger partial charge >= 0.3 is 0 Å². The van der Waals surface area contributed by atoms with Gasteiger partial charge in [0, 0.05) is 47.3 Å². The number of methoxy groups -OCH3 is 1. The summed E-state index contributed by atoms with van der Waals surface area (Å²) in [5.74, 6) is 1.02. The van der Waals surface area contributed by atoms with Crippen LogP contribution in [0.5, 0.6) is 5.75 Å². The summed E-state index contributed by atoms with van der Waals surface area (Å²) in [7, 11) is 1.61. The number of ether oxygens (including phenoxy) is 1. The molecule has 2 aromatic heterocycles. The van der Waals surface area contributed by atoms with Gasteiger partial charge in [-0.25, -0.2) is 4.99 Å². The Hall–Kier alpha value is -2.70. The van der Waals surface area contributed by atoms with Gasteiger partial charge in [0.25, 0.3) is 11.5 Å². The van der Waals surface area contributed by atoms with Crippen LogP contribution in [0.3, 0.4) is 0 Å². The van der Waals surface area contributed by atoms with Crippen molar-refractivity contribution in [3.05, 3.63) is 93.0 Å². The highest BCUT2D eigenvalue weighted by atomic mass is 127. The monoisotopic (exact) mass is 705 g/mol. The van der Waals surface area contributed by atoms with E-state index in [9.17, 15) is 9.59 Å². The molecule has 38 heavy (non-hydrogen) atoms. The Kier molecular flexibility index (Phi) is 7.65. The zero-order valence-electron chi connectivity index (χ0n) is 21.2. The zero-order valence-corrected chi connectivity index (χ0v) is 25.8. The maximum Gasteiger partial charge on any atom is 0.271 e. The van der Waals surface area contributed by atoms with E-state index in [1.807, 2.05) is 63.2 Å². The summed E-state index contributed by atoms with van der Waals surface area (Å²) in [6.07, 6.45) is 1.72. The molecule has 2 aromatic carbocycles. The fraction of sp³-hybridized carbons (Fsp3) is 0.250. The van der Waals surface area contributed by atoms with E-state index in [1.54, 1.807) is 22.7 Å². The second kappa shape index (κ2) is 10.8. The first kappa shape index (κ1) is 26.9. The lowest BCUT2D eigenvalue weighted by Gasteiger charge is -2.30. The Labute approximate surface area is 245 Å². The molecule has 4 aromatic rings. The molecule has 0 spiro atoms. The highest BCUT2D eigenvalue weighted by Crippen LogP contribution is 2.40. The Morgan fingerprint density at radius 2 is 2.00 bits per heavy atom. The van der Waals surface area contributed by atoms with Crippen molar-refractivity contribution in [2.75, 3.05) is 20.2 Å². The van der Waals surface area contributed by atoms with E-state index < -0.39 is 6.04 Å². The molecule has 7 nitrogen and oxygen atoms in total. The van der Waals surface area contributed by atoms with E-state index >= 15 is 0 Å². The number of carbonyl (C=O) groups excluding carboxylic acids is 1. The van der Waals surface area contributed by atoms with Crippen molar-refractivity contribution in [3.63, 3.8) is 0 Å². The van der Waals surface area contributed by atoms with E-state index in [0.717, 1.165) is 20.8 Å². The first-order valence-electron chi connectivity index (χ1n) is 12.1. The molecule has 0 unspecified atom stereocenters. The third-order valence-electron chi connectivity index (χ3n) is 6.66. The SMILES string of the molecule is CCN(CC)C(=O)C1=C(C)N=c2s/c(=C/c3cc(Br)c(I)o3)c(=O)n2[C@H]1c1c(OC)ccc2ccccc12. The van der Waals surface area contributed by atoms with Crippen LogP contribution >= 0.6 is 49.9 Å². The minimum Gasteiger partial charge on any atom is -0.496 e. The van der Waals surface area contributed by atoms with Gasteiger partial charge in [-0.1, -0.05) is 41.7 Å². The molecule has 0 radical (unpaired) electrons. The molecule has 196 valence electrons. The minimum atomic E-state index is -0.717. The number of likely N-dealkylation sites (N-methyl/N-ethyl adjacent to an activating group) is 1. The number of benzene rings is 2. The van der Waals surface area contributed by atoms with Gasteiger partial charge in [0.1, 0.15) is 17.6 Å². The van der Waals surface area contributed by atoms with Crippen LogP contribution in [-0.2, 0) is 4.79 Å². The van der Waals surface area contributed by atoms with Crippen molar-refractivity contribution < 1.29 is 13.9 Å². The van der Waals surface area contributed by atoms with Crippen molar-refractivity contribution >= 4 is 72.6 Å². The summed E-state index contributed by atoms with van der Waals surface area (Å²) in [4.78, 5) is 35.1. The lowest BCUT2D eigenvalue weighted by Crippen LogP contribution is -2.43. The van der Waals surface area contributed by atoms with Crippen LogP contribution in [0, 0.1) is 3.77 Å². The zero-order chi connectivity index (χ0) is 27.1. The number of carbonyl (C=O) groups is 1. The number of amides is 1. The lowest BCUT2D eigenvalue weighted by atomic mass is 9.90. The van der Waals surface area contributed by atoms with Crippen molar-refractivity contribution in [3.8, 4) is 5.75 Å². The predicted octanol–water partition coefficient (Wildman–Crippen LogP) is 5.23. The van der Waals surface area contributed by atoms with Crippen LogP contribution in [-0.4, -0.2) is 35.6 Å². The fourth-order valence-electron chi connectivity index (χ4n) is 4.85. The molecule has 3 heterocycles. The number of rotatable bonds is 6. The standard InChI is InChI=1S/C28H25BrIN3O4S/c1-5-32(6-2)27(35)22-15(3)31-28-33(26(34)21(38-28)14-17-13-19(29)25(30)37-17)24(22)23-18-10-8-7-9-16(18)11-12-20(23)36-4/h7-14,24H,5-6H2,1-4H3/b21-14+/t24-/m1/s1. The van der Waals surface area contributed by atoms with Crippen LogP contribution < -0.4 is 19.6 Å². The maximum atomic E-state index is 14.1. The van der Waals surface area contributed by atoms with Crippen molar-refractivity contribution in [1.29, 1.82) is 0 Å². The van der Waals surface area contributed by atoms with Crippen LogP contribution in [0.2, 0.25) is 0 Å². The van der Waals surface area contributed by atoms with Gasteiger partial charge in [-0.15, -0.1) is 0 Å². The first-order valence-corrected chi connectivity index (χ1v) is 14.8. The summed E-state index contributed by atoms with van der Waals surface area (Å²) in [5, 5.41) is 1.90. The molecular weight excluding hydrogens is 681 g/mol. The number of hydrogen-bond donors (Lipinski definition) is 0. The van der Waals surface area contributed by atoms with Gasteiger partial charge in [0.15, 0.2) is 8.57 Å². The van der Waals surface area contributed by atoms with E-state index in [4.69, 9.17) is 14.1 Å². The number of nitrogens with zero attached hydrogens (tertiary/aromatic N) is 3. The predicted molar refractivity (Wildman–Crippen MR) is 161 cm³/mol. The highest BCUT2D eigenvalue weighted by molar-refractivity contribution is 14.1. The van der Waals surface area contributed by atoms with E-state index in [2.05, 4.69) is 38.5 Å². The Bertz CT molecular complexity index is 1760. The van der Waals surface area contributed by atoms with Gasteiger partial charge in [0.05, 0.1) is 27.4 Å². The average Bonchev–Trinajstić information content (AvgIpc) is 3.39. The molecule has 1 amide bonds. The van der Waals surface area contributed by atoms with Crippen molar-refractivity contribution in [2.45, 2.75) is 26.8 Å². The number of halogens is 2. The number of aromatic nitrogens is 1. The van der Waals surface area contributed by atoms with Gasteiger partial charge in [-0.3, -0.25) is 14.2 Å². The Morgan fingerprint density at radius 3 is 2.66 bits per heavy atom. The highest BCUT2D eigenvalue weighted by Gasteiger charge is 2.36. The maximum absolute atomic E-state index is 14.1. The van der Waals surface area contributed by atoms with Crippen molar-refractivity contribution in [1.82, 2.24) is 9.47 Å². The molecule has 5 rings (SSSR count). The molecule has 0 bridgehead atoms. The third kappa shape index (κ3) is 4.56. The van der Waals surface area contributed by atoms with Crippen LogP contribution in [0.4, 0.5) is 0 Å². The van der Waals surface area contributed by atoms with E-state index in [1.165, 1.54) is 11.3 Å². The van der Waals surface area contributed by atoms with Crippen LogP contribution in [0.25, 0.3) is 16.8 Å². The number of thiazole rings is 1. The molecule has 0 saturated carbocycles. The van der Waals surface area contributed by atoms with Crippen LogP contribution in [0.1, 0.15) is 38.1 Å². The first-order chi connectivity index (χ1) is 18.3. The second-order valence-corrected chi connectivity index (χ2v) is 11.6. The molecule has 0 aliphatic carbocycles. The summed E-state index contributed by atoms with van der Waals surface area (Å²) in [6.45, 7) is 6.82. The molecule has 1 aliphatic heterocycles. The largest absolute Gasteiger partial charge is 0.496 e. The number of furan rings is 1. The quantitative estimate of drug-likeness (QED) is 0.258. The minimum absolute atomic E-state index is 0.143. The molecular formula is C28H25BrIN3O4S. The summed E-state index contributed by atoms with van der Waals surface area (Å²) in [6, 6.07) is 12.9. The summed E-state index contributed by atoms with van der Waals surface area (Å²) < 4.78 is 15.2. The van der Waals surface area contributed by atoms with E-state index in [-0.39, 0.29) is 11.5 Å². The Morgan fingerprint density at radius 1 is 1.26 bits per heavy atom. The van der Waals surface area contributed by atoms with E-state index in [0.29, 0.717) is 49.0 Å². The lowest BCUT2D eigenvalue weighted by molar-refractivity contribution is -0.127. The van der Waals surface area contributed by atoms with Gasteiger partial charge in [0.2, 0.25) is 0 Å². The average molecular weight is 706 g/mol. The van der Waals surface area contributed by atoms with Crippen LogP contribution in [0.15, 0.2) is 72.4 Å². The fourth-order valence-corrected chi connectivity index (χ4v) is 6.59. The Balaban J connectivity index is 1.86. The molecule has 1 atom stereocenters. The summed E-state index contributed by atoms with van der Waals surface area (Å²) in [5.41, 5.74) is 1.58. The third-order valence-corrected chi connectivity index (χ3v) is 9.78. The molecule has 0 N–H and O–H groups in total. The summed E-state index contributed by atoms with van der Waals surface area (Å²) >= 11 is 6.83. The number of hydrogen-bond acceptors (Lipinski definition) is 6. The van der Waals surface area contributed by atoms with Gasteiger partial charge < -0.3 is 14.1 Å². The molecule has 1 aliphatic rings. The van der Waals surface area contributed by atoms with Gasteiger partial charge in [-0.05, 0) is 59.6 Å². The molecule has 0 saturated heterocycles. The smallest absolute Gasteiger partial charge is 0.271 e. The number of allylic oxidation sites excluding steroid dienone is 1. The second-order valence-electron chi connectivity index (χ2n) is 8.73. The molecule has 0 fully saturated rings.